The summed E-state index contributed by atoms with van der Waals surface area (Å²) < 4.78 is 20.9. The van der Waals surface area contributed by atoms with Gasteiger partial charge >= 0.3 is 0 Å². The van der Waals surface area contributed by atoms with E-state index in [0.717, 1.165) is 31.0 Å². The minimum atomic E-state index is -1.52. The van der Waals surface area contributed by atoms with Gasteiger partial charge in [0, 0.05) is 18.7 Å². The quantitative estimate of drug-likeness (QED) is 0.815. The molecule has 1 aromatic carbocycles. The Labute approximate surface area is 148 Å². The molecule has 2 heterocycles. The molecule has 2 aromatic rings. The van der Waals surface area contributed by atoms with Crippen LogP contribution in [-0.4, -0.2) is 34.7 Å². The fraction of sp³-hybridized carbons (Fsp3) is 0.600. The van der Waals surface area contributed by atoms with Crippen molar-refractivity contribution in [3.05, 3.63) is 36.2 Å². The van der Waals surface area contributed by atoms with Crippen molar-refractivity contribution >= 4 is 0 Å². The summed E-state index contributed by atoms with van der Waals surface area (Å²) >= 11 is 0. The second-order valence-electron chi connectivity index (χ2n) is 7.60. The van der Waals surface area contributed by atoms with E-state index in [0.29, 0.717) is 18.8 Å². The van der Waals surface area contributed by atoms with Crippen LogP contribution >= 0.6 is 0 Å². The number of halogens is 1. The van der Waals surface area contributed by atoms with Crippen molar-refractivity contribution < 1.29 is 8.91 Å². The monoisotopic (exact) mass is 343 g/mol. The summed E-state index contributed by atoms with van der Waals surface area (Å²) in [5.74, 6) is 1.33. The molecule has 4 rings (SSSR count). The second-order valence-corrected chi connectivity index (χ2v) is 7.60. The zero-order valence-electron chi connectivity index (χ0n) is 14.7. The van der Waals surface area contributed by atoms with Crippen LogP contribution in [0.5, 0.6) is 0 Å². The van der Waals surface area contributed by atoms with Gasteiger partial charge in [-0.25, -0.2) is 4.39 Å². The molecule has 0 radical (unpaired) electrons. The lowest BCUT2D eigenvalue weighted by atomic mass is 9.87. The van der Waals surface area contributed by atoms with Gasteiger partial charge in [-0.15, -0.1) is 0 Å². The smallest absolute Gasteiger partial charge is 0.265 e. The average molecular weight is 343 g/mol. The van der Waals surface area contributed by atoms with E-state index in [1.165, 1.54) is 32.1 Å². The van der Waals surface area contributed by atoms with Crippen LogP contribution < -0.4 is 0 Å². The van der Waals surface area contributed by atoms with Crippen molar-refractivity contribution in [1.29, 1.82) is 0 Å². The van der Waals surface area contributed by atoms with E-state index in [1.54, 1.807) is 0 Å². The average Bonchev–Trinajstić information content (AvgIpc) is 3.15. The Morgan fingerprint density at radius 1 is 1.12 bits per heavy atom. The molecule has 1 aromatic heterocycles. The summed E-state index contributed by atoms with van der Waals surface area (Å²) in [7, 11) is 0. The molecule has 2 fully saturated rings. The summed E-state index contributed by atoms with van der Waals surface area (Å²) in [6.07, 6.45) is 7.88. The summed E-state index contributed by atoms with van der Waals surface area (Å²) in [5, 5.41) is 4.00. The van der Waals surface area contributed by atoms with Crippen LogP contribution in [0.25, 0.3) is 11.4 Å². The first-order valence-corrected chi connectivity index (χ1v) is 9.54. The normalized spacial score (nSPS) is 26.0. The third kappa shape index (κ3) is 3.76. The molecule has 0 N–H and O–H groups in total. The molecule has 5 heteroatoms. The zero-order valence-corrected chi connectivity index (χ0v) is 14.7. The predicted octanol–water partition coefficient (Wildman–Crippen LogP) is 4.58. The zero-order chi connectivity index (χ0) is 17.1. The van der Waals surface area contributed by atoms with Gasteiger partial charge in [0.1, 0.15) is 0 Å². The molecule has 0 bridgehead atoms. The maximum atomic E-state index is 15.6. The number of rotatable bonds is 4. The number of alkyl halides is 1. The van der Waals surface area contributed by atoms with Gasteiger partial charge in [0.2, 0.25) is 11.5 Å². The molecule has 2 aliphatic rings. The molecule has 25 heavy (non-hydrogen) atoms. The number of hydrogen-bond acceptors (Lipinski definition) is 4. The standard InChI is InChI=1S/C20H26FN3O/c21-20(19-22-18(23-25-19)17-10-5-2-6-11-17)12-7-13-24(15-20)14-16-8-3-1-4-9-16/h2,5-6,10-11,16H,1,3-4,7-9,12-15H2. The summed E-state index contributed by atoms with van der Waals surface area (Å²) in [6.45, 7) is 2.35. The van der Waals surface area contributed by atoms with Gasteiger partial charge < -0.3 is 4.52 Å². The highest BCUT2D eigenvalue weighted by Gasteiger charge is 2.42. The molecular weight excluding hydrogens is 317 g/mol. The number of hydrogen-bond donors (Lipinski definition) is 0. The van der Waals surface area contributed by atoms with Crippen LogP contribution in [0.4, 0.5) is 4.39 Å². The van der Waals surface area contributed by atoms with Crippen molar-refractivity contribution in [3.63, 3.8) is 0 Å². The Kier molecular flexibility index (Phi) is 4.84. The minimum absolute atomic E-state index is 0.139. The molecule has 134 valence electrons. The van der Waals surface area contributed by atoms with Gasteiger partial charge in [-0.3, -0.25) is 4.90 Å². The van der Waals surface area contributed by atoms with Crippen LogP contribution in [0.3, 0.4) is 0 Å². The van der Waals surface area contributed by atoms with E-state index < -0.39 is 5.67 Å². The van der Waals surface area contributed by atoms with E-state index in [1.807, 2.05) is 30.3 Å². The van der Waals surface area contributed by atoms with Gasteiger partial charge in [0.25, 0.3) is 5.89 Å². The topological polar surface area (TPSA) is 42.2 Å². The van der Waals surface area contributed by atoms with Crippen molar-refractivity contribution in [1.82, 2.24) is 15.0 Å². The number of benzene rings is 1. The Balaban J connectivity index is 1.46. The van der Waals surface area contributed by atoms with Crippen LogP contribution in [0.15, 0.2) is 34.9 Å². The van der Waals surface area contributed by atoms with Crippen LogP contribution in [-0.2, 0) is 5.67 Å². The molecule has 0 amide bonds. The SMILES string of the molecule is FC1(c2nc(-c3ccccc3)no2)CCCN(CC2CCCCC2)C1. The largest absolute Gasteiger partial charge is 0.335 e. The molecular formula is C20H26FN3O. The predicted molar refractivity (Wildman–Crippen MR) is 94.8 cm³/mol. The van der Waals surface area contributed by atoms with Crippen LogP contribution in [0.1, 0.15) is 50.8 Å². The lowest BCUT2D eigenvalue weighted by Gasteiger charge is -2.37. The van der Waals surface area contributed by atoms with E-state index in [-0.39, 0.29) is 5.89 Å². The summed E-state index contributed by atoms with van der Waals surface area (Å²) in [4.78, 5) is 6.65. The Morgan fingerprint density at radius 2 is 1.92 bits per heavy atom. The highest BCUT2D eigenvalue weighted by molar-refractivity contribution is 5.53. The van der Waals surface area contributed by atoms with Crippen molar-refractivity contribution in [2.75, 3.05) is 19.6 Å². The van der Waals surface area contributed by atoms with Gasteiger partial charge in [-0.2, -0.15) is 4.98 Å². The van der Waals surface area contributed by atoms with Gasteiger partial charge in [0.15, 0.2) is 0 Å². The Bertz CT molecular complexity index is 683. The molecule has 0 spiro atoms. The van der Waals surface area contributed by atoms with Crippen LogP contribution in [0, 0.1) is 5.92 Å². The fourth-order valence-electron chi connectivity index (χ4n) is 4.27. The molecule has 4 nitrogen and oxygen atoms in total. The van der Waals surface area contributed by atoms with E-state index >= 15 is 4.39 Å². The molecule has 1 unspecified atom stereocenters. The third-order valence-corrected chi connectivity index (χ3v) is 5.60. The van der Waals surface area contributed by atoms with Gasteiger partial charge in [-0.05, 0) is 38.1 Å². The first kappa shape index (κ1) is 16.7. The maximum absolute atomic E-state index is 15.6. The van der Waals surface area contributed by atoms with Gasteiger partial charge in [0.05, 0.1) is 0 Å². The maximum Gasteiger partial charge on any atom is 0.265 e. The van der Waals surface area contributed by atoms with E-state index in [9.17, 15) is 0 Å². The lowest BCUT2D eigenvalue weighted by molar-refractivity contribution is 0.00744. The Morgan fingerprint density at radius 3 is 2.72 bits per heavy atom. The molecule has 1 aliphatic carbocycles. The molecule has 1 atom stereocenters. The summed E-state index contributed by atoms with van der Waals surface area (Å²) in [6, 6.07) is 9.60. The fourth-order valence-corrected chi connectivity index (χ4v) is 4.27. The van der Waals surface area contributed by atoms with Gasteiger partial charge in [-0.1, -0.05) is 54.8 Å². The minimum Gasteiger partial charge on any atom is -0.335 e. The number of likely N-dealkylation sites (tertiary alicyclic amines) is 1. The third-order valence-electron chi connectivity index (χ3n) is 5.60. The molecule has 1 aliphatic heterocycles. The number of nitrogens with zero attached hydrogens (tertiary/aromatic N) is 3. The van der Waals surface area contributed by atoms with E-state index in [4.69, 9.17) is 4.52 Å². The highest BCUT2D eigenvalue weighted by atomic mass is 19.1. The highest BCUT2D eigenvalue weighted by Crippen LogP contribution is 2.36. The molecule has 1 saturated carbocycles. The van der Waals surface area contributed by atoms with E-state index in [2.05, 4.69) is 15.0 Å². The van der Waals surface area contributed by atoms with Crippen molar-refractivity contribution in [3.8, 4) is 11.4 Å². The first-order chi connectivity index (χ1) is 12.2. The summed E-state index contributed by atoms with van der Waals surface area (Å²) in [5.41, 5.74) is -0.664. The van der Waals surface area contributed by atoms with Crippen LogP contribution in [0.2, 0.25) is 0 Å². The number of piperidine rings is 1. The lowest BCUT2D eigenvalue weighted by Crippen LogP contribution is -2.45. The molecule has 1 saturated heterocycles. The van der Waals surface area contributed by atoms with Crippen molar-refractivity contribution in [2.24, 2.45) is 5.92 Å². The first-order valence-electron chi connectivity index (χ1n) is 9.54. The Hall–Kier alpha value is -1.75. The van der Waals surface area contributed by atoms with Crippen molar-refractivity contribution in [2.45, 2.75) is 50.6 Å². The second kappa shape index (κ2) is 7.24. The number of aromatic nitrogens is 2.